The highest BCUT2D eigenvalue weighted by molar-refractivity contribution is 7.92. The minimum atomic E-state index is -3.84. The molecule has 9 heteroatoms. The summed E-state index contributed by atoms with van der Waals surface area (Å²) >= 11 is 0. The molecular formula is C15H22N2O5S2. The van der Waals surface area contributed by atoms with Gasteiger partial charge < -0.3 is 4.74 Å². The molecule has 0 spiro atoms. The summed E-state index contributed by atoms with van der Waals surface area (Å²) in [4.78, 5) is -0.0792. The maximum Gasteiger partial charge on any atom is 0.244 e. The van der Waals surface area contributed by atoms with Crippen LogP contribution in [0.15, 0.2) is 35.7 Å². The van der Waals surface area contributed by atoms with Gasteiger partial charge in [0.25, 0.3) is 0 Å². The van der Waals surface area contributed by atoms with E-state index in [0.29, 0.717) is 25.3 Å². The highest BCUT2D eigenvalue weighted by Gasteiger charge is 2.28. The highest BCUT2D eigenvalue weighted by Crippen LogP contribution is 2.31. The van der Waals surface area contributed by atoms with Crippen molar-refractivity contribution in [2.24, 2.45) is 0 Å². The summed E-state index contributed by atoms with van der Waals surface area (Å²) in [6.45, 7) is 5.94. The molecule has 1 N–H and O–H groups in total. The lowest BCUT2D eigenvalue weighted by atomic mass is 10.2. The monoisotopic (exact) mass is 374 g/mol. The van der Waals surface area contributed by atoms with Gasteiger partial charge in [0.15, 0.2) is 0 Å². The van der Waals surface area contributed by atoms with Gasteiger partial charge in [0.2, 0.25) is 20.0 Å². The van der Waals surface area contributed by atoms with Crippen LogP contribution in [0.5, 0.6) is 5.75 Å². The first kappa shape index (κ1) is 18.8. The number of anilines is 1. The number of hydrogen-bond donors (Lipinski definition) is 1. The second kappa shape index (κ2) is 7.54. The third-order valence-corrected chi connectivity index (χ3v) is 6.89. The maximum absolute atomic E-state index is 12.5. The Kier molecular flexibility index (Phi) is 5.89. The summed E-state index contributed by atoms with van der Waals surface area (Å²) in [5, 5.41) is 0. The van der Waals surface area contributed by atoms with Gasteiger partial charge in [0, 0.05) is 13.1 Å². The van der Waals surface area contributed by atoms with Gasteiger partial charge >= 0.3 is 0 Å². The molecule has 24 heavy (non-hydrogen) atoms. The van der Waals surface area contributed by atoms with Gasteiger partial charge in [-0.1, -0.05) is 6.08 Å². The summed E-state index contributed by atoms with van der Waals surface area (Å²) in [5.41, 5.74) is 0.331. The van der Waals surface area contributed by atoms with Crippen LogP contribution in [0.2, 0.25) is 0 Å². The van der Waals surface area contributed by atoms with Crippen LogP contribution in [0, 0.1) is 0 Å². The predicted molar refractivity (Wildman–Crippen MR) is 93.4 cm³/mol. The summed E-state index contributed by atoms with van der Waals surface area (Å²) < 4.78 is 58.5. The molecule has 1 fully saturated rings. The van der Waals surface area contributed by atoms with Crippen LogP contribution in [0.1, 0.15) is 19.8 Å². The van der Waals surface area contributed by atoms with Gasteiger partial charge in [-0.15, -0.1) is 6.58 Å². The van der Waals surface area contributed by atoms with Crippen molar-refractivity contribution >= 4 is 25.7 Å². The summed E-state index contributed by atoms with van der Waals surface area (Å²) in [7, 11) is -7.26. The Balaban J connectivity index is 2.50. The highest BCUT2D eigenvalue weighted by atomic mass is 32.2. The number of benzene rings is 1. The van der Waals surface area contributed by atoms with Crippen molar-refractivity contribution in [2.75, 3.05) is 29.8 Å². The molecular weight excluding hydrogens is 352 g/mol. The first-order valence-corrected chi connectivity index (χ1v) is 10.8. The molecule has 1 aromatic carbocycles. The first-order valence-electron chi connectivity index (χ1n) is 7.69. The van der Waals surface area contributed by atoms with Crippen molar-refractivity contribution in [1.29, 1.82) is 0 Å². The van der Waals surface area contributed by atoms with Crippen molar-refractivity contribution in [3.63, 3.8) is 0 Å². The number of rotatable bonds is 7. The van der Waals surface area contributed by atoms with Crippen molar-refractivity contribution in [2.45, 2.75) is 24.7 Å². The Morgan fingerprint density at radius 3 is 2.75 bits per heavy atom. The molecule has 1 aliphatic rings. The minimum Gasteiger partial charge on any atom is -0.492 e. The van der Waals surface area contributed by atoms with Crippen LogP contribution in [-0.4, -0.2) is 42.3 Å². The molecule has 1 aromatic rings. The zero-order chi connectivity index (χ0) is 17.8. The number of nitrogens with one attached hydrogen (secondary N) is 1. The maximum atomic E-state index is 12.5. The molecule has 7 nitrogen and oxygen atoms in total. The Morgan fingerprint density at radius 2 is 2.12 bits per heavy atom. The molecule has 0 unspecified atom stereocenters. The third kappa shape index (κ3) is 4.08. The van der Waals surface area contributed by atoms with E-state index < -0.39 is 20.0 Å². The third-order valence-electron chi connectivity index (χ3n) is 3.57. The van der Waals surface area contributed by atoms with Gasteiger partial charge in [-0.2, -0.15) is 0 Å². The zero-order valence-electron chi connectivity index (χ0n) is 13.6. The number of hydrogen-bond acceptors (Lipinski definition) is 5. The number of sulfonamides is 2. The normalized spacial score (nSPS) is 17.5. The summed E-state index contributed by atoms with van der Waals surface area (Å²) in [5.74, 6) is 0.254. The topological polar surface area (TPSA) is 92.8 Å². The molecule has 0 bridgehead atoms. The van der Waals surface area contributed by atoms with E-state index in [2.05, 4.69) is 11.3 Å². The molecule has 0 aliphatic carbocycles. The predicted octanol–water partition coefficient (Wildman–Crippen LogP) is 1.48. The Labute approximate surface area is 143 Å². The van der Waals surface area contributed by atoms with Crippen molar-refractivity contribution in [3.8, 4) is 5.75 Å². The average molecular weight is 374 g/mol. The second-order valence-electron chi connectivity index (χ2n) is 5.30. The fourth-order valence-electron chi connectivity index (χ4n) is 2.46. The van der Waals surface area contributed by atoms with Crippen LogP contribution >= 0.6 is 0 Å². The van der Waals surface area contributed by atoms with Crippen molar-refractivity contribution in [3.05, 3.63) is 30.9 Å². The van der Waals surface area contributed by atoms with Crippen LogP contribution in [0.3, 0.4) is 0 Å². The van der Waals surface area contributed by atoms with Crippen molar-refractivity contribution < 1.29 is 21.6 Å². The second-order valence-corrected chi connectivity index (χ2v) is 9.05. The van der Waals surface area contributed by atoms with Gasteiger partial charge in [0.05, 0.1) is 18.0 Å². The average Bonchev–Trinajstić information content (AvgIpc) is 2.53. The fraction of sp³-hybridized carbons (Fsp3) is 0.467. The first-order chi connectivity index (χ1) is 11.3. The van der Waals surface area contributed by atoms with E-state index >= 15 is 0 Å². The molecule has 134 valence electrons. The smallest absolute Gasteiger partial charge is 0.244 e. The Bertz CT molecular complexity index is 803. The molecule has 2 rings (SSSR count). The summed E-state index contributed by atoms with van der Waals surface area (Å²) in [6.07, 6.45) is 2.78. The molecule has 0 amide bonds. The molecule has 0 radical (unpaired) electrons. The Morgan fingerprint density at radius 1 is 1.38 bits per heavy atom. The lowest BCUT2D eigenvalue weighted by Crippen LogP contribution is -2.38. The van der Waals surface area contributed by atoms with E-state index in [0.717, 1.165) is 6.42 Å². The lowest BCUT2D eigenvalue weighted by molar-refractivity contribution is 0.331. The van der Waals surface area contributed by atoms with Gasteiger partial charge in [-0.25, -0.2) is 21.6 Å². The largest absolute Gasteiger partial charge is 0.492 e. The van der Waals surface area contributed by atoms with Gasteiger partial charge in [-0.05, 0) is 38.0 Å². The molecule has 1 saturated heterocycles. The molecule has 0 atom stereocenters. The van der Waals surface area contributed by atoms with Crippen LogP contribution in [0.25, 0.3) is 0 Å². The molecule has 1 aliphatic heterocycles. The van der Waals surface area contributed by atoms with E-state index in [1.165, 1.54) is 22.5 Å². The van der Waals surface area contributed by atoms with Gasteiger partial charge in [0.1, 0.15) is 10.6 Å². The Hall–Kier alpha value is -1.58. The van der Waals surface area contributed by atoms with E-state index in [4.69, 9.17) is 4.74 Å². The SMILES string of the molecule is C=CCNS(=O)(=O)c1cc(N2CCCCS2(=O)=O)ccc1OCC. The van der Waals surface area contributed by atoms with Crippen molar-refractivity contribution in [1.82, 2.24) is 4.72 Å². The lowest BCUT2D eigenvalue weighted by Gasteiger charge is -2.28. The number of ether oxygens (including phenoxy) is 1. The van der Waals surface area contributed by atoms with E-state index in [9.17, 15) is 16.8 Å². The summed E-state index contributed by atoms with van der Waals surface area (Å²) in [6, 6.07) is 4.41. The molecule has 0 aromatic heterocycles. The van der Waals surface area contributed by atoms with Crippen LogP contribution in [-0.2, 0) is 20.0 Å². The van der Waals surface area contributed by atoms with Gasteiger partial charge in [-0.3, -0.25) is 4.31 Å². The standard InChI is InChI=1S/C15H22N2O5S2/c1-3-9-16-24(20,21)15-12-13(7-8-14(15)22-4-2)17-10-5-6-11-23(17,18)19/h3,7-8,12,16H,1,4-6,9-11H2,2H3. The zero-order valence-corrected chi connectivity index (χ0v) is 15.2. The van der Waals surface area contributed by atoms with E-state index in [1.807, 2.05) is 0 Å². The van der Waals surface area contributed by atoms with E-state index in [1.54, 1.807) is 13.0 Å². The van der Waals surface area contributed by atoms with Crippen LogP contribution in [0.4, 0.5) is 5.69 Å². The molecule has 0 saturated carbocycles. The minimum absolute atomic E-state index is 0.0665. The fourth-order valence-corrected chi connectivity index (χ4v) is 5.25. The van der Waals surface area contributed by atoms with Crippen LogP contribution < -0.4 is 13.8 Å². The van der Waals surface area contributed by atoms with E-state index in [-0.39, 0.29) is 22.9 Å². The quantitative estimate of drug-likeness (QED) is 0.730. The molecule has 1 heterocycles. The number of nitrogens with zero attached hydrogens (tertiary/aromatic N) is 1.